The van der Waals surface area contributed by atoms with E-state index in [0.29, 0.717) is 6.42 Å². The van der Waals surface area contributed by atoms with Crippen LogP contribution in [-0.4, -0.2) is 42.0 Å². The minimum absolute atomic E-state index is 0.00306. The Kier molecular flexibility index (Phi) is 4.51. The lowest BCUT2D eigenvalue weighted by Gasteiger charge is -2.39. The fourth-order valence-corrected chi connectivity index (χ4v) is 1.97. The van der Waals surface area contributed by atoms with Crippen LogP contribution >= 0.6 is 0 Å². The molecular weight excluding hydrogens is 220 g/mol. The van der Waals surface area contributed by atoms with Crippen LogP contribution in [0.15, 0.2) is 0 Å². The highest BCUT2D eigenvalue weighted by Crippen LogP contribution is 2.32. The lowest BCUT2D eigenvalue weighted by Crippen LogP contribution is -2.52. The fraction of sp³-hybridized carbons (Fsp3) is 0.833. The Bertz CT molecular complexity index is 298. The number of nitrogens with two attached hydrogens (primary N) is 1. The van der Waals surface area contributed by atoms with Gasteiger partial charge in [0, 0.05) is 18.0 Å². The van der Waals surface area contributed by atoms with Crippen molar-refractivity contribution in [2.24, 2.45) is 5.73 Å². The standard InChI is InChI=1S/C12H22N2O3/c1-9(2)14(8-11(16)17-3)10(15)7-12(13)5-4-6-12/h9H,4-8,13H2,1-3H3. The quantitative estimate of drug-likeness (QED) is 0.719. The number of hydrogen-bond donors (Lipinski definition) is 1. The van der Waals surface area contributed by atoms with Crippen LogP contribution in [0.5, 0.6) is 0 Å². The summed E-state index contributed by atoms with van der Waals surface area (Å²) in [5.74, 6) is -0.459. The Balaban J connectivity index is 2.57. The molecule has 17 heavy (non-hydrogen) atoms. The van der Waals surface area contributed by atoms with Crippen LogP contribution in [-0.2, 0) is 14.3 Å². The van der Waals surface area contributed by atoms with E-state index in [1.54, 1.807) is 0 Å². The SMILES string of the molecule is COC(=O)CN(C(=O)CC1(N)CCC1)C(C)C. The van der Waals surface area contributed by atoms with E-state index in [4.69, 9.17) is 5.73 Å². The normalized spacial score (nSPS) is 17.5. The lowest BCUT2D eigenvalue weighted by atomic mass is 9.75. The minimum atomic E-state index is -0.397. The number of amides is 1. The summed E-state index contributed by atoms with van der Waals surface area (Å²) in [6, 6.07) is -0.0229. The summed E-state index contributed by atoms with van der Waals surface area (Å²) in [5, 5.41) is 0. The smallest absolute Gasteiger partial charge is 0.325 e. The topological polar surface area (TPSA) is 72.6 Å². The zero-order valence-electron chi connectivity index (χ0n) is 10.9. The second kappa shape index (κ2) is 5.49. The Hall–Kier alpha value is -1.10. The molecule has 5 heteroatoms. The van der Waals surface area contributed by atoms with Crippen molar-refractivity contribution in [2.45, 2.75) is 51.1 Å². The van der Waals surface area contributed by atoms with Gasteiger partial charge in [-0.25, -0.2) is 0 Å². The van der Waals surface area contributed by atoms with Crippen molar-refractivity contribution < 1.29 is 14.3 Å². The molecule has 5 nitrogen and oxygen atoms in total. The van der Waals surface area contributed by atoms with Gasteiger partial charge in [0.2, 0.25) is 5.91 Å². The van der Waals surface area contributed by atoms with Gasteiger partial charge in [-0.15, -0.1) is 0 Å². The van der Waals surface area contributed by atoms with Gasteiger partial charge in [0.15, 0.2) is 0 Å². The summed E-state index contributed by atoms with van der Waals surface area (Å²) in [4.78, 5) is 24.8. The van der Waals surface area contributed by atoms with Crippen molar-refractivity contribution in [2.75, 3.05) is 13.7 Å². The Morgan fingerprint density at radius 3 is 2.35 bits per heavy atom. The number of carbonyl (C=O) groups excluding carboxylic acids is 2. The maximum Gasteiger partial charge on any atom is 0.325 e. The third-order valence-electron chi connectivity index (χ3n) is 3.32. The molecule has 0 aromatic heterocycles. The highest BCUT2D eigenvalue weighted by atomic mass is 16.5. The van der Waals surface area contributed by atoms with Gasteiger partial charge in [-0.1, -0.05) is 0 Å². The van der Waals surface area contributed by atoms with E-state index >= 15 is 0 Å². The van der Waals surface area contributed by atoms with Gasteiger partial charge in [-0.3, -0.25) is 9.59 Å². The molecule has 0 atom stereocenters. The summed E-state index contributed by atoms with van der Waals surface area (Å²) in [7, 11) is 1.32. The van der Waals surface area contributed by atoms with Crippen molar-refractivity contribution >= 4 is 11.9 Å². The van der Waals surface area contributed by atoms with Gasteiger partial charge in [0.1, 0.15) is 6.54 Å². The molecule has 0 saturated heterocycles. The molecule has 0 aromatic rings. The zero-order chi connectivity index (χ0) is 13.1. The average molecular weight is 242 g/mol. The summed E-state index contributed by atoms with van der Waals surface area (Å²) in [6.07, 6.45) is 3.19. The predicted octanol–water partition coefficient (Wildman–Crippen LogP) is 0.668. The molecule has 0 aliphatic heterocycles. The number of esters is 1. The molecule has 1 aliphatic carbocycles. The van der Waals surface area contributed by atoms with E-state index in [2.05, 4.69) is 4.74 Å². The van der Waals surface area contributed by atoms with Crippen LogP contribution in [0.4, 0.5) is 0 Å². The molecule has 1 fully saturated rings. The Morgan fingerprint density at radius 1 is 1.41 bits per heavy atom. The van der Waals surface area contributed by atoms with Gasteiger partial charge in [0.25, 0.3) is 0 Å². The number of rotatable bonds is 5. The third-order valence-corrected chi connectivity index (χ3v) is 3.32. The van der Waals surface area contributed by atoms with Crippen molar-refractivity contribution in [3.8, 4) is 0 Å². The monoisotopic (exact) mass is 242 g/mol. The molecular formula is C12H22N2O3. The first-order valence-corrected chi connectivity index (χ1v) is 6.03. The van der Waals surface area contributed by atoms with Crippen molar-refractivity contribution in [1.82, 2.24) is 4.90 Å². The van der Waals surface area contributed by atoms with Crippen LogP contribution < -0.4 is 5.73 Å². The Morgan fingerprint density at radius 2 is 2.00 bits per heavy atom. The maximum absolute atomic E-state index is 12.1. The minimum Gasteiger partial charge on any atom is -0.468 e. The van der Waals surface area contributed by atoms with E-state index in [1.807, 2.05) is 13.8 Å². The van der Waals surface area contributed by atoms with Crippen LogP contribution in [0.25, 0.3) is 0 Å². The molecule has 0 heterocycles. The van der Waals surface area contributed by atoms with Crippen LogP contribution in [0.3, 0.4) is 0 Å². The molecule has 0 bridgehead atoms. The van der Waals surface area contributed by atoms with Gasteiger partial charge < -0.3 is 15.4 Å². The van der Waals surface area contributed by atoms with E-state index in [0.717, 1.165) is 19.3 Å². The molecule has 1 aliphatic rings. The molecule has 1 rings (SSSR count). The summed E-state index contributed by atoms with van der Waals surface area (Å²) in [5.41, 5.74) is 5.69. The second-order valence-corrected chi connectivity index (χ2v) is 5.08. The molecule has 0 spiro atoms. The Labute approximate surface area is 102 Å². The maximum atomic E-state index is 12.1. The highest BCUT2D eigenvalue weighted by molar-refractivity contribution is 5.83. The molecule has 0 radical (unpaired) electrons. The van der Waals surface area contributed by atoms with Gasteiger partial charge in [0.05, 0.1) is 7.11 Å². The van der Waals surface area contributed by atoms with Crippen LogP contribution in [0, 0.1) is 0 Å². The number of nitrogens with zero attached hydrogens (tertiary/aromatic N) is 1. The van der Waals surface area contributed by atoms with E-state index in [-0.39, 0.29) is 24.0 Å². The number of ether oxygens (including phenoxy) is 1. The first-order chi connectivity index (χ1) is 7.88. The molecule has 0 unspecified atom stereocenters. The molecule has 98 valence electrons. The summed E-state index contributed by atoms with van der Waals surface area (Å²) >= 11 is 0. The summed E-state index contributed by atoms with van der Waals surface area (Å²) in [6.45, 7) is 3.76. The van der Waals surface area contributed by atoms with Crippen LogP contribution in [0.2, 0.25) is 0 Å². The number of methoxy groups -OCH3 is 1. The number of hydrogen-bond acceptors (Lipinski definition) is 4. The predicted molar refractivity (Wildman–Crippen MR) is 64.3 cm³/mol. The summed E-state index contributed by atoms with van der Waals surface area (Å²) < 4.78 is 4.59. The van der Waals surface area contributed by atoms with Gasteiger partial charge in [-0.05, 0) is 33.1 Å². The lowest BCUT2D eigenvalue weighted by molar-refractivity contribution is -0.149. The molecule has 1 amide bonds. The molecule has 2 N–H and O–H groups in total. The fourth-order valence-electron chi connectivity index (χ4n) is 1.97. The average Bonchev–Trinajstić information content (AvgIpc) is 2.22. The van der Waals surface area contributed by atoms with E-state index < -0.39 is 5.97 Å². The molecule has 0 aromatic carbocycles. The second-order valence-electron chi connectivity index (χ2n) is 5.08. The van der Waals surface area contributed by atoms with Crippen molar-refractivity contribution in [3.63, 3.8) is 0 Å². The van der Waals surface area contributed by atoms with Crippen LogP contribution in [0.1, 0.15) is 39.5 Å². The number of carbonyl (C=O) groups is 2. The highest BCUT2D eigenvalue weighted by Gasteiger charge is 2.36. The van der Waals surface area contributed by atoms with Gasteiger partial charge >= 0.3 is 5.97 Å². The van der Waals surface area contributed by atoms with E-state index in [9.17, 15) is 9.59 Å². The van der Waals surface area contributed by atoms with E-state index in [1.165, 1.54) is 12.0 Å². The third kappa shape index (κ3) is 3.70. The van der Waals surface area contributed by atoms with Gasteiger partial charge in [-0.2, -0.15) is 0 Å². The van der Waals surface area contributed by atoms with Crippen molar-refractivity contribution in [1.29, 1.82) is 0 Å². The first kappa shape index (κ1) is 14.0. The first-order valence-electron chi connectivity index (χ1n) is 6.03. The molecule has 1 saturated carbocycles. The zero-order valence-corrected chi connectivity index (χ0v) is 10.9. The largest absolute Gasteiger partial charge is 0.468 e. The van der Waals surface area contributed by atoms with Crippen molar-refractivity contribution in [3.05, 3.63) is 0 Å².